The average molecular weight is 388 g/mol. The van der Waals surface area contributed by atoms with Crippen molar-refractivity contribution >= 4 is 22.1 Å². The molecule has 8 nitrogen and oxygen atoms in total. The van der Waals surface area contributed by atoms with Gasteiger partial charge in [-0.05, 0) is 25.0 Å². The van der Waals surface area contributed by atoms with E-state index in [1.807, 2.05) is 0 Å². The molecule has 0 amide bonds. The summed E-state index contributed by atoms with van der Waals surface area (Å²) in [6.45, 7) is -0.00463. The Morgan fingerprint density at radius 1 is 1.23 bits per heavy atom. The third kappa shape index (κ3) is 10.9. The zero-order valence-electron chi connectivity index (χ0n) is 15.0. The molecule has 7 N–H and O–H groups in total. The summed E-state index contributed by atoms with van der Waals surface area (Å²) in [6.07, 6.45) is 8.46. The molecule has 0 aliphatic heterocycles. The molecule has 2 rings (SSSR count). The predicted octanol–water partition coefficient (Wildman–Crippen LogP) is 0.537. The van der Waals surface area contributed by atoms with Gasteiger partial charge in [-0.15, -0.1) is 0 Å². The molecule has 148 valence electrons. The fraction of sp³-hybridized carbons (Fsp3) is 0.529. The summed E-state index contributed by atoms with van der Waals surface area (Å²) in [7, 11) is -3.14. The lowest BCUT2D eigenvalue weighted by Crippen LogP contribution is -2.37. The topological polar surface area (TPSA) is 167 Å². The lowest BCUT2D eigenvalue weighted by molar-refractivity contribution is -0.138. The second-order valence-corrected chi connectivity index (χ2v) is 8.05. The van der Waals surface area contributed by atoms with Crippen molar-refractivity contribution in [1.82, 2.24) is 0 Å². The molecular weight excluding hydrogens is 358 g/mol. The van der Waals surface area contributed by atoms with Crippen molar-refractivity contribution in [2.45, 2.75) is 49.1 Å². The van der Waals surface area contributed by atoms with Crippen LogP contribution < -0.4 is 17.2 Å². The first-order valence-electron chi connectivity index (χ1n) is 8.31. The number of aliphatic carboxylic acids is 1. The maximum Gasteiger partial charge on any atom is 0.321 e. The van der Waals surface area contributed by atoms with Gasteiger partial charge in [-0.3, -0.25) is 9.59 Å². The van der Waals surface area contributed by atoms with Crippen molar-refractivity contribution < 1.29 is 23.1 Å². The predicted molar refractivity (Wildman–Crippen MR) is 101 cm³/mol. The lowest BCUT2D eigenvalue weighted by Gasteiger charge is -2.15. The summed E-state index contributed by atoms with van der Waals surface area (Å²) in [5.41, 5.74) is 15.9. The van der Waals surface area contributed by atoms with Crippen LogP contribution in [0.5, 0.6) is 0 Å². The first kappa shape index (κ1) is 24.2. The van der Waals surface area contributed by atoms with E-state index in [1.54, 1.807) is 0 Å². The fourth-order valence-corrected chi connectivity index (χ4v) is 2.66. The molecule has 1 saturated carbocycles. The van der Waals surface area contributed by atoms with Gasteiger partial charge < -0.3 is 22.3 Å². The molecule has 0 saturated heterocycles. The van der Waals surface area contributed by atoms with Crippen molar-refractivity contribution in [3.05, 3.63) is 29.8 Å². The molecule has 0 aromatic heterocycles. The second-order valence-electron chi connectivity index (χ2n) is 6.04. The van der Waals surface area contributed by atoms with Gasteiger partial charge in [0.05, 0.1) is 4.90 Å². The molecule has 1 aliphatic carbocycles. The van der Waals surface area contributed by atoms with Crippen LogP contribution >= 0.6 is 0 Å². The van der Waals surface area contributed by atoms with Crippen molar-refractivity contribution in [1.29, 1.82) is 0 Å². The van der Waals surface area contributed by atoms with E-state index in [9.17, 15) is 18.0 Å². The van der Waals surface area contributed by atoms with E-state index in [0.717, 1.165) is 6.26 Å². The Bertz CT molecular complexity index is 641. The number of carboxylic acids is 1. The number of sulfone groups is 1. The largest absolute Gasteiger partial charge is 0.480 e. The minimum Gasteiger partial charge on any atom is -0.480 e. The van der Waals surface area contributed by atoms with Crippen LogP contribution in [0.1, 0.15) is 42.5 Å². The molecule has 1 fully saturated rings. The number of nitrogens with two attached hydrogens (primary N) is 3. The molecule has 9 heteroatoms. The van der Waals surface area contributed by atoms with E-state index in [0.29, 0.717) is 17.9 Å². The van der Waals surface area contributed by atoms with Crippen molar-refractivity contribution in [2.75, 3.05) is 12.8 Å². The van der Waals surface area contributed by atoms with Gasteiger partial charge >= 0.3 is 5.97 Å². The van der Waals surface area contributed by atoms with E-state index in [-0.39, 0.29) is 11.4 Å². The van der Waals surface area contributed by atoms with Crippen LogP contribution in [0.15, 0.2) is 29.2 Å². The molecule has 1 aromatic carbocycles. The van der Waals surface area contributed by atoms with Crippen LogP contribution in [0.3, 0.4) is 0 Å². The first-order chi connectivity index (χ1) is 12.1. The maximum absolute atomic E-state index is 10.9. The summed E-state index contributed by atoms with van der Waals surface area (Å²) in [4.78, 5) is 20.2. The van der Waals surface area contributed by atoms with Crippen LogP contribution in [0, 0.1) is 0 Å². The van der Waals surface area contributed by atoms with Gasteiger partial charge in [-0.25, -0.2) is 8.42 Å². The molecule has 0 radical (unpaired) electrons. The molecular formula is C17H29N3O5S. The highest BCUT2D eigenvalue weighted by atomic mass is 32.2. The third-order valence-corrected chi connectivity index (χ3v) is 4.79. The SMILES string of the molecule is CS(=O)(=O)c1ccc(C=O)cc1.NC1CCCCC1.NCC(N)C(=O)O. The number of carbonyl (C=O) groups excluding carboxylic acids is 1. The quantitative estimate of drug-likeness (QED) is 0.543. The Kier molecular flexibility index (Phi) is 11.7. The van der Waals surface area contributed by atoms with E-state index in [4.69, 9.17) is 22.3 Å². The highest BCUT2D eigenvalue weighted by Crippen LogP contribution is 2.14. The van der Waals surface area contributed by atoms with Crippen LogP contribution in [0.4, 0.5) is 0 Å². The van der Waals surface area contributed by atoms with Gasteiger partial charge in [-0.1, -0.05) is 31.4 Å². The summed E-state index contributed by atoms with van der Waals surface area (Å²) in [6, 6.07) is 5.42. The number of hydrogen-bond acceptors (Lipinski definition) is 7. The van der Waals surface area contributed by atoms with Crippen LogP contribution in [0.25, 0.3) is 0 Å². The van der Waals surface area contributed by atoms with Crippen LogP contribution in [-0.2, 0) is 14.6 Å². The fourth-order valence-electron chi connectivity index (χ4n) is 2.03. The Hall–Kier alpha value is -1.81. The van der Waals surface area contributed by atoms with E-state index < -0.39 is 21.8 Å². The Morgan fingerprint density at radius 3 is 1.96 bits per heavy atom. The number of hydrogen-bond donors (Lipinski definition) is 4. The number of carboxylic acid groups (broad SMARTS) is 1. The normalized spacial score (nSPS) is 15.5. The van der Waals surface area contributed by atoms with Gasteiger partial charge in [0.1, 0.15) is 12.3 Å². The summed E-state index contributed by atoms with van der Waals surface area (Å²) < 4.78 is 21.9. The third-order valence-electron chi connectivity index (χ3n) is 3.67. The minimum atomic E-state index is -3.14. The maximum atomic E-state index is 10.9. The smallest absolute Gasteiger partial charge is 0.321 e. The average Bonchev–Trinajstić information content (AvgIpc) is 2.62. The molecule has 0 bridgehead atoms. The molecule has 1 aromatic rings. The molecule has 0 spiro atoms. The van der Waals surface area contributed by atoms with Gasteiger partial charge in [-0.2, -0.15) is 0 Å². The van der Waals surface area contributed by atoms with E-state index in [1.165, 1.54) is 56.4 Å². The minimum absolute atomic E-state index is 0.00463. The van der Waals surface area contributed by atoms with E-state index >= 15 is 0 Å². The molecule has 26 heavy (non-hydrogen) atoms. The highest BCUT2D eigenvalue weighted by molar-refractivity contribution is 7.90. The van der Waals surface area contributed by atoms with Gasteiger partial charge in [0.15, 0.2) is 9.84 Å². The summed E-state index contributed by atoms with van der Waals surface area (Å²) in [5.74, 6) is -1.05. The summed E-state index contributed by atoms with van der Waals surface area (Å²) >= 11 is 0. The monoisotopic (exact) mass is 387 g/mol. The zero-order valence-corrected chi connectivity index (χ0v) is 15.8. The molecule has 1 unspecified atom stereocenters. The Balaban J connectivity index is 0.000000385. The van der Waals surface area contributed by atoms with Crippen molar-refractivity contribution in [3.8, 4) is 0 Å². The van der Waals surface area contributed by atoms with Gasteiger partial charge in [0.2, 0.25) is 0 Å². The van der Waals surface area contributed by atoms with Gasteiger partial charge in [0, 0.05) is 24.4 Å². The molecule has 0 heterocycles. The zero-order chi connectivity index (χ0) is 20.2. The number of benzene rings is 1. The number of aldehydes is 1. The highest BCUT2D eigenvalue weighted by Gasteiger charge is 2.07. The first-order valence-corrected chi connectivity index (χ1v) is 10.2. The van der Waals surface area contributed by atoms with Crippen LogP contribution in [-0.4, -0.2) is 50.7 Å². The van der Waals surface area contributed by atoms with E-state index in [2.05, 4.69) is 0 Å². The van der Waals surface area contributed by atoms with Crippen molar-refractivity contribution in [2.24, 2.45) is 17.2 Å². The van der Waals surface area contributed by atoms with Crippen molar-refractivity contribution in [3.63, 3.8) is 0 Å². The molecule has 1 atom stereocenters. The number of rotatable bonds is 4. The van der Waals surface area contributed by atoms with Crippen LogP contribution in [0.2, 0.25) is 0 Å². The summed E-state index contributed by atoms with van der Waals surface area (Å²) in [5, 5.41) is 7.98. The molecule has 1 aliphatic rings. The second kappa shape index (κ2) is 12.5. The van der Waals surface area contributed by atoms with Gasteiger partial charge in [0.25, 0.3) is 0 Å². The number of carbonyl (C=O) groups is 2. The standard InChI is InChI=1S/C8H8O3S.C6H13N.C3H8N2O2/c1-12(10,11)8-4-2-7(6-9)3-5-8;7-6-4-2-1-3-5-6;4-1-2(5)3(6)7/h2-6H,1H3;6H,1-5,7H2;2H,1,4-5H2,(H,6,7). The lowest BCUT2D eigenvalue weighted by atomic mass is 9.97. The Labute approximate surface area is 154 Å². The Morgan fingerprint density at radius 2 is 1.73 bits per heavy atom.